The van der Waals surface area contributed by atoms with Crippen LogP contribution in [0, 0.1) is 5.82 Å². The van der Waals surface area contributed by atoms with Crippen molar-refractivity contribution in [3.63, 3.8) is 0 Å². The Labute approximate surface area is 102 Å². The van der Waals surface area contributed by atoms with Crippen LogP contribution >= 0.6 is 0 Å². The number of hydrogen-bond acceptors (Lipinski definition) is 3. The predicted molar refractivity (Wildman–Crippen MR) is 59.8 cm³/mol. The van der Waals surface area contributed by atoms with E-state index in [0.29, 0.717) is 19.4 Å². The van der Waals surface area contributed by atoms with Crippen molar-refractivity contribution in [2.24, 2.45) is 0 Å². The molecule has 5 nitrogen and oxygen atoms in total. The van der Waals surface area contributed by atoms with E-state index >= 15 is 0 Å². The number of phenols is 1. The van der Waals surface area contributed by atoms with Crippen molar-refractivity contribution in [3.05, 3.63) is 29.6 Å². The Bertz CT molecular complexity index is 503. The molecule has 1 fully saturated rings. The van der Waals surface area contributed by atoms with Crippen molar-refractivity contribution in [1.82, 2.24) is 4.90 Å². The zero-order valence-corrected chi connectivity index (χ0v) is 9.47. The maximum atomic E-state index is 13.1. The average molecular weight is 253 g/mol. The van der Waals surface area contributed by atoms with Gasteiger partial charge in [-0.05, 0) is 31.0 Å². The monoisotopic (exact) mass is 253 g/mol. The normalized spacial score (nSPS) is 18.9. The number of rotatable bonds is 2. The van der Waals surface area contributed by atoms with Gasteiger partial charge in [0.25, 0.3) is 5.91 Å². The third-order valence-corrected chi connectivity index (χ3v) is 2.99. The van der Waals surface area contributed by atoms with Gasteiger partial charge in [0.05, 0.1) is 5.56 Å². The summed E-state index contributed by atoms with van der Waals surface area (Å²) in [6, 6.07) is 2.12. The highest BCUT2D eigenvalue weighted by atomic mass is 19.1. The Morgan fingerprint density at radius 2 is 2.11 bits per heavy atom. The lowest BCUT2D eigenvalue weighted by molar-refractivity contribution is -0.141. The molecule has 0 aliphatic carbocycles. The van der Waals surface area contributed by atoms with E-state index in [1.165, 1.54) is 0 Å². The molecule has 0 saturated carbocycles. The number of benzene rings is 1. The maximum absolute atomic E-state index is 13.1. The largest absolute Gasteiger partial charge is 0.507 e. The quantitative estimate of drug-likeness (QED) is 0.830. The summed E-state index contributed by atoms with van der Waals surface area (Å²) < 4.78 is 13.1. The number of halogens is 1. The highest BCUT2D eigenvalue weighted by Gasteiger charge is 2.35. The molecular formula is C12H12FNO4. The average Bonchev–Trinajstić information content (AvgIpc) is 2.80. The topological polar surface area (TPSA) is 77.8 Å². The Balaban J connectivity index is 2.31. The fourth-order valence-corrected chi connectivity index (χ4v) is 2.10. The number of hydrogen-bond donors (Lipinski definition) is 2. The summed E-state index contributed by atoms with van der Waals surface area (Å²) in [5, 5.41) is 18.5. The van der Waals surface area contributed by atoms with Gasteiger partial charge in [0.2, 0.25) is 0 Å². The molecule has 18 heavy (non-hydrogen) atoms. The van der Waals surface area contributed by atoms with E-state index in [9.17, 15) is 19.1 Å². The summed E-state index contributed by atoms with van der Waals surface area (Å²) in [6.07, 6.45) is 0.954. The minimum atomic E-state index is -1.09. The van der Waals surface area contributed by atoms with Crippen LogP contribution in [0.5, 0.6) is 5.75 Å². The smallest absolute Gasteiger partial charge is 0.326 e. The summed E-state index contributed by atoms with van der Waals surface area (Å²) in [4.78, 5) is 24.2. The van der Waals surface area contributed by atoms with Crippen LogP contribution in [0.2, 0.25) is 0 Å². The third-order valence-electron chi connectivity index (χ3n) is 2.99. The van der Waals surface area contributed by atoms with Crippen LogP contribution in [0.25, 0.3) is 0 Å². The Kier molecular flexibility index (Phi) is 3.18. The van der Waals surface area contributed by atoms with Gasteiger partial charge in [-0.2, -0.15) is 0 Å². The molecule has 1 aliphatic rings. The summed E-state index contributed by atoms with van der Waals surface area (Å²) in [5.41, 5.74) is -0.205. The first-order valence-corrected chi connectivity index (χ1v) is 5.53. The lowest BCUT2D eigenvalue weighted by Gasteiger charge is -2.21. The molecule has 0 unspecified atom stereocenters. The summed E-state index contributed by atoms with van der Waals surface area (Å²) in [5.74, 6) is -2.74. The van der Waals surface area contributed by atoms with Crippen molar-refractivity contribution in [3.8, 4) is 5.75 Å². The second-order valence-electron chi connectivity index (χ2n) is 4.16. The van der Waals surface area contributed by atoms with Crippen molar-refractivity contribution in [2.75, 3.05) is 6.54 Å². The van der Waals surface area contributed by atoms with Gasteiger partial charge in [-0.1, -0.05) is 0 Å². The number of carboxylic acid groups (broad SMARTS) is 1. The first-order valence-electron chi connectivity index (χ1n) is 5.53. The van der Waals surface area contributed by atoms with Gasteiger partial charge >= 0.3 is 5.97 Å². The van der Waals surface area contributed by atoms with Gasteiger partial charge in [0.1, 0.15) is 17.6 Å². The number of carbonyl (C=O) groups excluding carboxylic acids is 1. The van der Waals surface area contributed by atoms with E-state index in [1.54, 1.807) is 0 Å². The molecule has 96 valence electrons. The van der Waals surface area contributed by atoms with Gasteiger partial charge in [-0.15, -0.1) is 0 Å². The molecule has 1 aromatic rings. The van der Waals surface area contributed by atoms with Crippen LogP contribution in [0.1, 0.15) is 23.2 Å². The molecule has 1 saturated heterocycles. The molecule has 1 aromatic carbocycles. The van der Waals surface area contributed by atoms with Crippen molar-refractivity contribution >= 4 is 11.9 Å². The second kappa shape index (κ2) is 4.64. The minimum Gasteiger partial charge on any atom is -0.507 e. The van der Waals surface area contributed by atoms with Crippen molar-refractivity contribution < 1.29 is 24.2 Å². The van der Waals surface area contributed by atoms with Gasteiger partial charge in [-0.3, -0.25) is 4.79 Å². The SMILES string of the molecule is O=C(O)[C@H]1CCCN1C(=O)c1cc(F)ccc1O. The number of carbonyl (C=O) groups is 2. The number of likely N-dealkylation sites (tertiary alicyclic amines) is 1. The minimum absolute atomic E-state index is 0.205. The summed E-state index contributed by atoms with van der Waals surface area (Å²) in [7, 11) is 0. The van der Waals surface area contributed by atoms with E-state index in [4.69, 9.17) is 5.11 Å². The van der Waals surface area contributed by atoms with Crippen molar-refractivity contribution in [2.45, 2.75) is 18.9 Å². The van der Waals surface area contributed by atoms with Crippen LogP contribution in [-0.2, 0) is 4.79 Å². The van der Waals surface area contributed by atoms with Crippen LogP contribution in [-0.4, -0.2) is 39.6 Å². The molecule has 0 spiro atoms. The van der Waals surface area contributed by atoms with E-state index in [2.05, 4.69) is 0 Å². The van der Waals surface area contributed by atoms with Gasteiger partial charge < -0.3 is 15.1 Å². The third kappa shape index (κ3) is 2.13. The first-order chi connectivity index (χ1) is 8.50. The Morgan fingerprint density at radius 3 is 2.78 bits per heavy atom. The first kappa shape index (κ1) is 12.3. The number of carboxylic acids is 1. The van der Waals surface area contributed by atoms with Gasteiger partial charge in [0.15, 0.2) is 0 Å². The second-order valence-corrected chi connectivity index (χ2v) is 4.16. The highest BCUT2D eigenvalue weighted by Crippen LogP contribution is 2.25. The zero-order chi connectivity index (χ0) is 13.3. The highest BCUT2D eigenvalue weighted by molar-refractivity contribution is 5.99. The predicted octanol–water partition coefficient (Wildman–Crippen LogP) is 1.22. The number of aromatic hydroxyl groups is 1. The lowest BCUT2D eigenvalue weighted by atomic mass is 10.1. The fraction of sp³-hybridized carbons (Fsp3) is 0.333. The van der Waals surface area contributed by atoms with E-state index in [0.717, 1.165) is 23.1 Å². The standard InChI is InChI=1S/C12H12FNO4/c13-7-3-4-10(15)8(6-7)11(16)14-5-1-2-9(14)12(17)18/h3-4,6,9,15H,1-2,5H2,(H,17,18)/t9-/m1/s1. The molecular weight excluding hydrogens is 241 g/mol. The number of amides is 1. The van der Waals surface area contributed by atoms with Crippen LogP contribution in [0.3, 0.4) is 0 Å². The fourth-order valence-electron chi connectivity index (χ4n) is 2.10. The van der Waals surface area contributed by atoms with Gasteiger partial charge in [0, 0.05) is 6.54 Å². The number of nitrogens with zero attached hydrogens (tertiary/aromatic N) is 1. The number of phenolic OH excluding ortho intramolecular Hbond substituents is 1. The summed E-state index contributed by atoms with van der Waals surface area (Å²) in [6.45, 7) is 0.297. The molecule has 2 rings (SSSR count). The Hall–Kier alpha value is -2.11. The van der Waals surface area contributed by atoms with Crippen molar-refractivity contribution in [1.29, 1.82) is 0 Å². The molecule has 1 heterocycles. The van der Waals surface area contributed by atoms with E-state index < -0.39 is 23.7 Å². The zero-order valence-electron chi connectivity index (χ0n) is 9.47. The molecule has 1 aliphatic heterocycles. The molecule has 2 N–H and O–H groups in total. The molecule has 0 radical (unpaired) electrons. The molecule has 6 heteroatoms. The number of aliphatic carboxylic acids is 1. The van der Waals surface area contributed by atoms with E-state index in [-0.39, 0.29) is 11.3 Å². The molecule has 0 aromatic heterocycles. The summed E-state index contributed by atoms with van der Waals surface area (Å²) >= 11 is 0. The molecule has 0 bridgehead atoms. The van der Waals surface area contributed by atoms with Gasteiger partial charge in [-0.25, -0.2) is 9.18 Å². The molecule has 1 amide bonds. The lowest BCUT2D eigenvalue weighted by Crippen LogP contribution is -2.40. The molecule has 1 atom stereocenters. The maximum Gasteiger partial charge on any atom is 0.326 e. The van der Waals surface area contributed by atoms with E-state index in [1.807, 2.05) is 0 Å². The van der Waals surface area contributed by atoms with Crippen LogP contribution < -0.4 is 0 Å². The van der Waals surface area contributed by atoms with Crippen LogP contribution in [0.4, 0.5) is 4.39 Å². The van der Waals surface area contributed by atoms with Crippen LogP contribution in [0.15, 0.2) is 18.2 Å². The Morgan fingerprint density at radius 1 is 1.39 bits per heavy atom.